The highest BCUT2D eigenvalue weighted by Gasteiger charge is 2.11. The van der Waals surface area contributed by atoms with Gasteiger partial charge in [-0.2, -0.15) is 0 Å². The molecular formula is C12H10N2O. The van der Waals surface area contributed by atoms with Gasteiger partial charge in [0.1, 0.15) is 11.0 Å². The Morgan fingerprint density at radius 3 is 1.80 bits per heavy atom. The van der Waals surface area contributed by atoms with E-state index in [-0.39, 0.29) is 0 Å². The van der Waals surface area contributed by atoms with Gasteiger partial charge in [-0.25, -0.2) is 0 Å². The van der Waals surface area contributed by atoms with Crippen LogP contribution in [0.15, 0.2) is 28.9 Å². The second-order valence-corrected chi connectivity index (χ2v) is 3.71. The minimum absolute atomic E-state index is 0.842. The van der Waals surface area contributed by atoms with Crippen molar-refractivity contribution in [3.05, 3.63) is 35.7 Å². The second kappa shape index (κ2) is 2.79. The van der Waals surface area contributed by atoms with Crippen LogP contribution >= 0.6 is 0 Å². The van der Waals surface area contributed by atoms with E-state index in [4.69, 9.17) is 4.42 Å². The molecule has 0 aliphatic carbocycles. The van der Waals surface area contributed by atoms with E-state index < -0.39 is 0 Å². The van der Waals surface area contributed by atoms with Gasteiger partial charge in [-0.15, -0.1) is 0 Å². The van der Waals surface area contributed by atoms with Crippen LogP contribution in [-0.2, 0) is 0 Å². The first-order valence-electron chi connectivity index (χ1n) is 4.87. The molecule has 3 heterocycles. The molecule has 3 nitrogen and oxygen atoms in total. The highest BCUT2D eigenvalue weighted by Crippen LogP contribution is 2.28. The van der Waals surface area contributed by atoms with Crippen LogP contribution in [0.3, 0.4) is 0 Å². The summed E-state index contributed by atoms with van der Waals surface area (Å²) in [4.78, 5) is 8.63. The lowest BCUT2D eigenvalue weighted by molar-refractivity contribution is 0.661. The van der Waals surface area contributed by atoms with Crippen molar-refractivity contribution in [3.63, 3.8) is 0 Å². The van der Waals surface area contributed by atoms with Gasteiger partial charge in [0.15, 0.2) is 11.2 Å². The lowest BCUT2D eigenvalue weighted by atomic mass is 10.2. The van der Waals surface area contributed by atoms with E-state index in [9.17, 15) is 0 Å². The molecule has 0 aliphatic heterocycles. The van der Waals surface area contributed by atoms with E-state index in [1.54, 1.807) is 12.4 Å². The van der Waals surface area contributed by atoms with Gasteiger partial charge in [0, 0.05) is 12.4 Å². The Kier molecular flexibility index (Phi) is 1.57. The van der Waals surface area contributed by atoms with Crippen LogP contribution in [-0.4, -0.2) is 9.97 Å². The molecule has 0 radical (unpaired) electrons. The lowest BCUT2D eigenvalue weighted by Crippen LogP contribution is -1.79. The van der Waals surface area contributed by atoms with Gasteiger partial charge in [-0.1, -0.05) is 0 Å². The molecule has 0 aromatic carbocycles. The predicted octanol–water partition coefficient (Wildman–Crippen LogP) is 2.99. The summed E-state index contributed by atoms with van der Waals surface area (Å²) in [6.45, 7) is 4.03. The fraction of sp³-hybridized carbons (Fsp3) is 0.167. The minimum atomic E-state index is 0.842. The van der Waals surface area contributed by atoms with Crippen LogP contribution in [0.1, 0.15) is 11.1 Å². The molecule has 3 aromatic rings. The summed E-state index contributed by atoms with van der Waals surface area (Å²) in [6, 6.07) is 3.89. The van der Waals surface area contributed by atoms with E-state index in [2.05, 4.69) is 9.97 Å². The van der Waals surface area contributed by atoms with Crippen molar-refractivity contribution in [1.82, 2.24) is 9.97 Å². The fourth-order valence-electron chi connectivity index (χ4n) is 1.79. The molecule has 0 amide bonds. The van der Waals surface area contributed by atoms with Crippen LogP contribution in [0.25, 0.3) is 22.2 Å². The quantitative estimate of drug-likeness (QED) is 0.557. The Bertz CT molecular complexity index is 599. The molecule has 74 valence electrons. The molecule has 0 spiro atoms. The zero-order chi connectivity index (χ0) is 10.4. The zero-order valence-corrected chi connectivity index (χ0v) is 8.61. The van der Waals surface area contributed by atoms with Crippen molar-refractivity contribution in [2.75, 3.05) is 0 Å². The number of furan rings is 1. The maximum absolute atomic E-state index is 5.79. The number of pyridine rings is 2. The van der Waals surface area contributed by atoms with Crippen LogP contribution in [0.5, 0.6) is 0 Å². The molecule has 0 N–H and O–H groups in total. The number of fused-ring (bicyclic) bond motifs is 3. The van der Waals surface area contributed by atoms with Gasteiger partial charge in [0.2, 0.25) is 0 Å². The van der Waals surface area contributed by atoms with Crippen molar-refractivity contribution in [3.8, 4) is 0 Å². The van der Waals surface area contributed by atoms with Gasteiger partial charge < -0.3 is 4.42 Å². The summed E-state index contributed by atoms with van der Waals surface area (Å²) in [5, 5.41) is 0. The minimum Gasteiger partial charge on any atom is -0.452 e. The van der Waals surface area contributed by atoms with E-state index in [0.717, 1.165) is 33.3 Å². The standard InChI is InChI=1S/C12H10N2O/c1-7-3-5-13-9-10-12(15-11(7)9)8(2)4-6-14-10/h3-6H,1-2H3. The summed E-state index contributed by atoms with van der Waals surface area (Å²) in [7, 11) is 0. The summed E-state index contributed by atoms with van der Waals surface area (Å²) < 4.78 is 5.79. The highest BCUT2D eigenvalue weighted by atomic mass is 16.3. The number of hydrogen-bond donors (Lipinski definition) is 0. The largest absolute Gasteiger partial charge is 0.452 e. The first-order valence-corrected chi connectivity index (χ1v) is 4.87. The maximum Gasteiger partial charge on any atom is 0.158 e. The molecule has 15 heavy (non-hydrogen) atoms. The number of aryl methyl sites for hydroxylation is 2. The Morgan fingerprint density at radius 1 is 0.867 bits per heavy atom. The Labute approximate surface area is 86.8 Å². The molecule has 0 atom stereocenters. The van der Waals surface area contributed by atoms with Gasteiger partial charge in [-0.05, 0) is 37.1 Å². The number of nitrogens with zero attached hydrogens (tertiary/aromatic N) is 2. The van der Waals surface area contributed by atoms with E-state index in [0.29, 0.717) is 0 Å². The molecular weight excluding hydrogens is 188 g/mol. The zero-order valence-electron chi connectivity index (χ0n) is 8.61. The number of aromatic nitrogens is 2. The van der Waals surface area contributed by atoms with Crippen molar-refractivity contribution in [2.45, 2.75) is 13.8 Å². The molecule has 0 fully saturated rings. The molecule has 3 rings (SSSR count). The molecule has 3 aromatic heterocycles. The van der Waals surface area contributed by atoms with E-state index >= 15 is 0 Å². The van der Waals surface area contributed by atoms with Crippen molar-refractivity contribution >= 4 is 22.2 Å². The van der Waals surface area contributed by atoms with Gasteiger partial charge >= 0.3 is 0 Å². The third kappa shape index (κ3) is 1.06. The van der Waals surface area contributed by atoms with Crippen LogP contribution < -0.4 is 0 Å². The average molecular weight is 198 g/mol. The Hall–Kier alpha value is -1.90. The SMILES string of the molecule is Cc1ccnc2c1oc1c(C)ccnc12. The van der Waals surface area contributed by atoms with E-state index in [1.165, 1.54) is 0 Å². The van der Waals surface area contributed by atoms with Crippen LogP contribution in [0.2, 0.25) is 0 Å². The first kappa shape index (κ1) is 8.41. The second-order valence-electron chi connectivity index (χ2n) is 3.71. The smallest absolute Gasteiger partial charge is 0.158 e. The van der Waals surface area contributed by atoms with Crippen molar-refractivity contribution < 1.29 is 4.42 Å². The Morgan fingerprint density at radius 2 is 1.33 bits per heavy atom. The van der Waals surface area contributed by atoms with Crippen LogP contribution in [0, 0.1) is 13.8 Å². The fourth-order valence-corrected chi connectivity index (χ4v) is 1.79. The molecule has 0 aliphatic rings. The summed E-state index contributed by atoms with van der Waals surface area (Å²) in [5.41, 5.74) is 5.58. The molecule has 3 heteroatoms. The van der Waals surface area contributed by atoms with Crippen LogP contribution in [0.4, 0.5) is 0 Å². The first-order chi connectivity index (χ1) is 7.27. The number of hydrogen-bond acceptors (Lipinski definition) is 3. The highest BCUT2D eigenvalue weighted by molar-refractivity contribution is 6.01. The van der Waals surface area contributed by atoms with Gasteiger partial charge in [-0.3, -0.25) is 9.97 Å². The third-order valence-electron chi connectivity index (χ3n) is 2.63. The molecule has 0 saturated carbocycles. The monoisotopic (exact) mass is 198 g/mol. The molecule has 0 saturated heterocycles. The summed E-state index contributed by atoms with van der Waals surface area (Å²) in [6.07, 6.45) is 3.58. The average Bonchev–Trinajstić information content (AvgIpc) is 2.60. The van der Waals surface area contributed by atoms with Gasteiger partial charge in [0.25, 0.3) is 0 Å². The molecule has 0 bridgehead atoms. The summed E-state index contributed by atoms with van der Waals surface area (Å²) >= 11 is 0. The van der Waals surface area contributed by atoms with Crippen molar-refractivity contribution in [1.29, 1.82) is 0 Å². The normalized spacial score (nSPS) is 11.3. The van der Waals surface area contributed by atoms with Crippen molar-refractivity contribution in [2.24, 2.45) is 0 Å². The van der Waals surface area contributed by atoms with E-state index in [1.807, 2.05) is 26.0 Å². The maximum atomic E-state index is 5.79. The topological polar surface area (TPSA) is 38.9 Å². The number of rotatable bonds is 0. The summed E-state index contributed by atoms with van der Waals surface area (Å²) in [5.74, 6) is 0. The molecule has 0 unspecified atom stereocenters. The lowest BCUT2D eigenvalue weighted by Gasteiger charge is -1.90. The Balaban J connectivity index is 2.63. The predicted molar refractivity (Wildman–Crippen MR) is 58.8 cm³/mol. The van der Waals surface area contributed by atoms with Gasteiger partial charge in [0.05, 0.1) is 0 Å². The third-order valence-corrected chi connectivity index (χ3v) is 2.63.